The molecule has 1 unspecified atom stereocenters. The fourth-order valence-corrected chi connectivity index (χ4v) is 4.01. The van der Waals surface area contributed by atoms with Gasteiger partial charge < -0.3 is 15.8 Å². The summed E-state index contributed by atoms with van der Waals surface area (Å²) < 4.78 is 4.93. The van der Waals surface area contributed by atoms with Crippen molar-refractivity contribution in [2.45, 2.75) is 24.3 Å². The molecule has 9 nitrogen and oxygen atoms in total. The van der Waals surface area contributed by atoms with Crippen molar-refractivity contribution in [2.24, 2.45) is 5.73 Å². The third-order valence-electron chi connectivity index (χ3n) is 5.45. The summed E-state index contributed by atoms with van der Waals surface area (Å²) in [6.45, 7) is -0.160. The number of hydrogen-bond donors (Lipinski definition) is 3. The van der Waals surface area contributed by atoms with Crippen LogP contribution in [0.4, 0.5) is 15.4 Å². The van der Waals surface area contributed by atoms with Gasteiger partial charge in [0, 0.05) is 17.1 Å². The van der Waals surface area contributed by atoms with Crippen LogP contribution in [0.15, 0.2) is 48.0 Å². The number of hydrogen-bond acceptors (Lipinski definition) is 7. The number of terminal acetylenes is 1. The largest absolute Gasteiger partial charge is 0.447 e. The third kappa shape index (κ3) is 5.14. The van der Waals surface area contributed by atoms with Crippen molar-refractivity contribution < 1.29 is 14.3 Å². The Morgan fingerprint density at radius 3 is 2.68 bits per heavy atom. The first-order chi connectivity index (χ1) is 16.4. The normalized spacial score (nSPS) is 14.2. The molecular weight excluding hydrogens is 452 g/mol. The van der Waals surface area contributed by atoms with Crippen LogP contribution in [0.3, 0.4) is 0 Å². The highest BCUT2D eigenvalue weighted by Gasteiger charge is 2.45. The quantitative estimate of drug-likeness (QED) is 0.448. The molecule has 1 aromatic carbocycles. The minimum atomic E-state index is -0.950. The van der Waals surface area contributed by atoms with E-state index in [1.54, 1.807) is 23.7 Å². The van der Waals surface area contributed by atoms with E-state index in [1.165, 1.54) is 11.3 Å². The molecule has 0 saturated heterocycles. The molecule has 10 heteroatoms. The Kier molecular flexibility index (Phi) is 6.44. The number of nitrogens with two attached hydrogens (primary N) is 1. The molecule has 34 heavy (non-hydrogen) atoms. The Morgan fingerprint density at radius 2 is 2.06 bits per heavy atom. The van der Waals surface area contributed by atoms with Gasteiger partial charge >= 0.3 is 12.1 Å². The minimum absolute atomic E-state index is 0.160. The molecule has 2 aromatic heterocycles. The number of amides is 3. The molecular formula is C24H20N6O3S. The Balaban J connectivity index is 1.50. The standard InChI is InChI=1S/C24H20N6O3S/c1-2-21-29-20(13-34-21)30-23(32)28-19(12-33-22(26)31)16-5-3-15(4-6-16)18-11-17(7-10-27-18)24(14-25)8-9-24/h1,3-7,10-11,13,19H,8-9,12H2,(H2,26,31)(H2,28,30,32). The van der Waals surface area contributed by atoms with Crippen LogP contribution >= 0.6 is 11.3 Å². The number of thiazole rings is 1. The van der Waals surface area contributed by atoms with Crippen molar-refractivity contribution in [2.75, 3.05) is 11.9 Å². The zero-order chi connectivity index (χ0) is 24.1. The van der Waals surface area contributed by atoms with Crippen molar-refractivity contribution in [3.63, 3.8) is 0 Å². The lowest BCUT2D eigenvalue weighted by atomic mass is 9.96. The van der Waals surface area contributed by atoms with Crippen LogP contribution in [0.25, 0.3) is 11.3 Å². The molecule has 3 amide bonds. The highest BCUT2D eigenvalue weighted by Crippen LogP contribution is 2.47. The van der Waals surface area contributed by atoms with E-state index in [0.29, 0.717) is 16.4 Å². The first-order valence-corrected chi connectivity index (χ1v) is 11.2. The number of carbonyl (C=O) groups is 2. The molecule has 1 fully saturated rings. The Morgan fingerprint density at radius 1 is 1.29 bits per heavy atom. The number of carbonyl (C=O) groups excluding carboxylic acids is 2. The van der Waals surface area contributed by atoms with Crippen LogP contribution in [0.1, 0.15) is 35.0 Å². The highest BCUT2D eigenvalue weighted by molar-refractivity contribution is 7.10. The van der Waals surface area contributed by atoms with Crippen LogP contribution < -0.4 is 16.4 Å². The highest BCUT2D eigenvalue weighted by atomic mass is 32.1. The molecule has 0 bridgehead atoms. The summed E-state index contributed by atoms with van der Waals surface area (Å²) in [5.41, 5.74) is 7.96. The van der Waals surface area contributed by atoms with Crippen LogP contribution in [0.2, 0.25) is 0 Å². The van der Waals surface area contributed by atoms with Crippen LogP contribution in [-0.2, 0) is 10.2 Å². The number of benzene rings is 1. The van der Waals surface area contributed by atoms with Gasteiger partial charge in [-0.3, -0.25) is 10.3 Å². The van der Waals surface area contributed by atoms with Gasteiger partial charge in [-0.25, -0.2) is 14.6 Å². The first kappa shape index (κ1) is 22.8. The summed E-state index contributed by atoms with van der Waals surface area (Å²) in [6, 6.07) is 12.3. The molecule has 2 heterocycles. The second-order valence-electron chi connectivity index (χ2n) is 7.71. The number of anilines is 1. The van der Waals surface area contributed by atoms with Gasteiger partial charge in [0.1, 0.15) is 12.4 Å². The lowest BCUT2D eigenvalue weighted by Crippen LogP contribution is -2.36. The molecule has 0 spiro atoms. The zero-order valence-corrected chi connectivity index (χ0v) is 18.8. The Labute approximate surface area is 200 Å². The molecule has 170 valence electrons. The maximum absolute atomic E-state index is 12.5. The summed E-state index contributed by atoms with van der Waals surface area (Å²) in [5, 5.41) is 16.9. The third-order valence-corrected chi connectivity index (χ3v) is 6.23. The Hall–Kier alpha value is -4.41. The van der Waals surface area contributed by atoms with Crippen LogP contribution in [0.5, 0.6) is 0 Å². The SMILES string of the molecule is C#Cc1nc(NC(=O)NC(COC(N)=O)c2ccc(-c3cc(C4(C#N)CC4)ccn3)cc2)cs1. The lowest BCUT2D eigenvalue weighted by Gasteiger charge is -2.19. The van der Waals surface area contributed by atoms with E-state index in [4.69, 9.17) is 16.9 Å². The molecule has 1 atom stereocenters. The molecule has 1 aliphatic carbocycles. The number of pyridine rings is 1. The van der Waals surface area contributed by atoms with E-state index in [-0.39, 0.29) is 6.61 Å². The lowest BCUT2D eigenvalue weighted by molar-refractivity contribution is 0.144. The zero-order valence-electron chi connectivity index (χ0n) is 17.9. The first-order valence-electron chi connectivity index (χ1n) is 10.3. The average Bonchev–Trinajstić information content (AvgIpc) is 3.53. The molecule has 0 radical (unpaired) electrons. The van der Waals surface area contributed by atoms with Gasteiger partial charge in [0.05, 0.1) is 23.2 Å². The second-order valence-corrected chi connectivity index (χ2v) is 8.57. The van der Waals surface area contributed by atoms with Crippen molar-refractivity contribution in [1.29, 1.82) is 5.26 Å². The smallest absolute Gasteiger partial charge is 0.404 e. The van der Waals surface area contributed by atoms with E-state index < -0.39 is 23.6 Å². The van der Waals surface area contributed by atoms with E-state index in [9.17, 15) is 14.9 Å². The van der Waals surface area contributed by atoms with E-state index in [1.807, 2.05) is 24.3 Å². The van der Waals surface area contributed by atoms with Gasteiger partial charge in [-0.05, 0) is 42.0 Å². The second kappa shape index (κ2) is 9.61. The van der Waals surface area contributed by atoms with E-state index in [2.05, 4.69) is 32.6 Å². The molecule has 0 aliphatic heterocycles. The summed E-state index contributed by atoms with van der Waals surface area (Å²) in [4.78, 5) is 32.1. The van der Waals surface area contributed by atoms with Crippen molar-refractivity contribution in [3.8, 4) is 29.7 Å². The number of urea groups is 1. The van der Waals surface area contributed by atoms with Crippen molar-refractivity contribution in [3.05, 3.63) is 64.1 Å². The number of rotatable bonds is 7. The average molecular weight is 473 g/mol. The Bertz CT molecular complexity index is 1300. The number of primary amides is 1. The van der Waals surface area contributed by atoms with E-state index in [0.717, 1.165) is 29.7 Å². The predicted octanol–water partition coefficient (Wildman–Crippen LogP) is 3.70. The molecule has 1 aliphatic rings. The van der Waals surface area contributed by atoms with Gasteiger partial charge in [0.2, 0.25) is 0 Å². The van der Waals surface area contributed by atoms with Gasteiger partial charge in [-0.1, -0.05) is 24.3 Å². The summed E-state index contributed by atoms with van der Waals surface area (Å²) in [5.74, 6) is 2.72. The summed E-state index contributed by atoms with van der Waals surface area (Å²) in [7, 11) is 0. The maximum Gasteiger partial charge on any atom is 0.404 e. The number of ether oxygens (including phenoxy) is 1. The fourth-order valence-electron chi connectivity index (χ4n) is 3.46. The molecule has 1 saturated carbocycles. The maximum atomic E-state index is 12.5. The van der Waals surface area contributed by atoms with Gasteiger partial charge in [-0.15, -0.1) is 17.8 Å². The monoisotopic (exact) mass is 472 g/mol. The topological polar surface area (TPSA) is 143 Å². The molecule has 4 rings (SSSR count). The molecule has 3 aromatic rings. The minimum Gasteiger partial charge on any atom is -0.447 e. The van der Waals surface area contributed by atoms with Gasteiger partial charge in [-0.2, -0.15) is 5.26 Å². The van der Waals surface area contributed by atoms with Crippen molar-refractivity contribution in [1.82, 2.24) is 15.3 Å². The predicted molar refractivity (Wildman–Crippen MR) is 127 cm³/mol. The number of nitrogens with zero attached hydrogens (tertiary/aromatic N) is 3. The number of aromatic nitrogens is 2. The van der Waals surface area contributed by atoms with Crippen molar-refractivity contribution >= 4 is 29.3 Å². The van der Waals surface area contributed by atoms with E-state index >= 15 is 0 Å². The molecule has 4 N–H and O–H groups in total. The van der Waals surface area contributed by atoms with Gasteiger partial charge in [0.15, 0.2) is 5.01 Å². The van der Waals surface area contributed by atoms with Crippen LogP contribution in [0, 0.1) is 23.7 Å². The van der Waals surface area contributed by atoms with Gasteiger partial charge in [0.25, 0.3) is 0 Å². The van der Waals surface area contributed by atoms with Crippen LogP contribution in [-0.4, -0.2) is 28.7 Å². The summed E-state index contributed by atoms with van der Waals surface area (Å²) in [6.07, 6.45) is 7.76. The summed E-state index contributed by atoms with van der Waals surface area (Å²) >= 11 is 1.23. The number of nitriles is 1. The fraction of sp³-hybridized carbons (Fsp3) is 0.208. The number of nitrogens with one attached hydrogen (secondary N) is 2.